The number of nitrogens with zero attached hydrogens (tertiary/aromatic N) is 1. The molecule has 1 atom stereocenters. The van der Waals surface area contributed by atoms with E-state index in [0.29, 0.717) is 12.4 Å². The summed E-state index contributed by atoms with van der Waals surface area (Å²) < 4.78 is 13.1. The fourth-order valence-corrected chi connectivity index (χ4v) is 2.38. The number of rotatable bonds is 5. The zero-order valence-electron chi connectivity index (χ0n) is 13.3. The van der Waals surface area contributed by atoms with Crippen LogP contribution in [0.25, 0.3) is 5.57 Å². The molecule has 3 N–H and O–H groups in total. The van der Waals surface area contributed by atoms with E-state index in [9.17, 15) is 4.39 Å². The van der Waals surface area contributed by atoms with Crippen molar-refractivity contribution in [3.05, 3.63) is 53.5 Å². The quantitative estimate of drug-likeness (QED) is 0.646. The second kappa shape index (κ2) is 7.36. The summed E-state index contributed by atoms with van der Waals surface area (Å²) in [7, 11) is 0. The zero-order chi connectivity index (χ0) is 16.1. The van der Waals surface area contributed by atoms with E-state index in [-0.39, 0.29) is 11.7 Å². The third kappa shape index (κ3) is 3.83. The molecule has 22 heavy (non-hydrogen) atoms. The first-order valence-electron chi connectivity index (χ1n) is 7.75. The molecule has 1 unspecified atom stereocenters. The lowest BCUT2D eigenvalue weighted by Crippen LogP contribution is -2.27. The van der Waals surface area contributed by atoms with Crippen molar-refractivity contribution in [3.63, 3.8) is 0 Å². The summed E-state index contributed by atoms with van der Waals surface area (Å²) >= 11 is 0. The molecule has 0 amide bonds. The number of nitrogens with two attached hydrogens (primary N) is 1. The monoisotopic (exact) mass is 301 g/mol. The summed E-state index contributed by atoms with van der Waals surface area (Å²) in [4.78, 5) is 4.65. The van der Waals surface area contributed by atoms with Gasteiger partial charge in [-0.15, -0.1) is 0 Å². The van der Waals surface area contributed by atoms with Crippen LogP contribution in [0.1, 0.15) is 32.3 Å². The summed E-state index contributed by atoms with van der Waals surface area (Å²) in [6.07, 6.45) is 1.79. The van der Waals surface area contributed by atoms with Crippen LogP contribution in [0.2, 0.25) is 0 Å². The normalized spacial score (nSPS) is 17.5. The van der Waals surface area contributed by atoms with Gasteiger partial charge >= 0.3 is 0 Å². The van der Waals surface area contributed by atoms with Gasteiger partial charge in [0.2, 0.25) is 0 Å². The molecule has 0 spiro atoms. The van der Waals surface area contributed by atoms with E-state index in [1.54, 1.807) is 12.1 Å². The van der Waals surface area contributed by atoms with Gasteiger partial charge in [0, 0.05) is 31.1 Å². The molecular weight excluding hydrogens is 277 g/mol. The Morgan fingerprint density at radius 1 is 1.41 bits per heavy atom. The molecule has 1 aromatic carbocycles. The number of halogens is 1. The maximum absolute atomic E-state index is 13.1. The molecule has 3 nitrogen and oxygen atoms in total. The van der Waals surface area contributed by atoms with Gasteiger partial charge in [0.15, 0.2) is 0 Å². The highest BCUT2D eigenvalue weighted by molar-refractivity contribution is 5.85. The van der Waals surface area contributed by atoms with Crippen LogP contribution in [0, 0.1) is 11.7 Å². The number of benzene rings is 1. The Labute approximate surface area is 131 Å². The second-order valence-corrected chi connectivity index (χ2v) is 5.68. The molecule has 4 heteroatoms. The largest absolute Gasteiger partial charge is 0.387 e. The lowest BCUT2D eigenvalue weighted by molar-refractivity contribution is 0.627. The lowest BCUT2D eigenvalue weighted by atomic mass is 9.94. The van der Waals surface area contributed by atoms with Crippen molar-refractivity contribution in [2.75, 3.05) is 13.1 Å². The minimum Gasteiger partial charge on any atom is -0.387 e. The SMILES string of the molecule is C=C(C1=C(/N=C(\N)C(C)CC)CCNC1)c1ccc(F)cc1. The molecule has 118 valence electrons. The molecule has 0 radical (unpaired) electrons. The molecule has 0 bridgehead atoms. The Morgan fingerprint density at radius 3 is 2.73 bits per heavy atom. The summed E-state index contributed by atoms with van der Waals surface area (Å²) in [5.74, 6) is 0.693. The Kier molecular flexibility index (Phi) is 5.50. The van der Waals surface area contributed by atoms with Gasteiger partial charge < -0.3 is 11.1 Å². The van der Waals surface area contributed by atoms with Crippen molar-refractivity contribution in [1.29, 1.82) is 0 Å². The Hall–Kier alpha value is -1.94. The second-order valence-electron chi connectivity index (χ2n) is 5.68. The first-order valence-corrected chi connectivity index (χ1v) is 7.75. The van der Waals surface area contributed by atoms with Crippen LogP contribution in [-0.4, -0.2) is 18.9 Å². The standard InChI is InChI=1S/C18H24FN3/c1-4-12(2)18(20)22-17-9-10-21-11-16(17)13(3)14-5-7-15(19)8-6-14/h5-8,12,21H,3-4,9-11H2,1-2H3,(H2,20,22). The van der Waals surface area contributed by atoms with E-state index < -0.39 is 0 Å². The predicted octanol–water partition coefficient (Wildman–Crippen LogP) is 3.49. The van der Waals surface area contributed by atoms with Gasteiger partial charge in [0.1, 0.15) is 11.7 Å². The van der Waals surface area contributed by atoms with E-state index >= 15 is 0 Å². The van der Waals surface area contributed by atoms with Crippen LogP contribution < -0.4 is 11.1 Å². The molecule has 1 aliphatic heterocycles. The molecule has 1 aliphatic rings. The van der Waals surface area contributed by atoms with E-state index in [0.717, 1.165) is 41.8 Å². The molecule has 1 heterocycles. The molecule has 0 saturated carbocycles. The van der Waals surface area contributed by atoms with Crippen LogP contribution >= 0.6 is 0 Å². The van der Waals surface area contributed by atoms with Crippen LogP contribution in [0.5, 0.6) is 0 Å². The number of hydrogen-bond acceptors (Lipinski definition) is 2. The first kappa shape index (κ1) is 16.4. The van der Waals surface area contributed by atoms with Gasteiger partial charge in [0.25, 0.3) is 0 Å². The summed E-state index contributed by atoms with van der Waals surface area (Å²) in [6, 6.07) is 6.40. The Morgan fingerprint density at radius 2 is 2.09 bits per heavy atom. The minimum atomic E-state index is -0.244. The van der Waals surface area contributed by atoms with Crippen molar-refractivity contribution >= 4 is 11.4 Å². The van der Waals surface area contributed by atoms with Crippen molar-refractivity contribution in [2.45, 2.75) is 26.7 Å². The van der Waals surface area contributed by atoms with Crippen molar-refractivity contribution < 1.29 is 4.39 Å². The molecule has 0 aliphatic carbocycles. The van der Waals surface area contributed by atoms with Crippen LogP contribution in [0.4, 0.5) is 4.39 Å². The maximum atomic E-state index is 13.1. The molecule has 2 rings (SSSR count). The Balaban J connectivity index is 2.35. The predicted molar refractivity (Wildman–Crippen MR) is 91.0 cm³/mol. The van der Waals surface area contributed by atoms with Crippen molar-refractivity contribution in [2.24, 2.45) is 16.6 Å². The number of aliphatic imine (C=N–C) groups is 1. The number of amidine groups is 1. The Bertz CT molecular complexity index is 599. The first-order chi connectivity index (χ1) is 10.5. The summed E-state index contributed by atoms with van der Waals surface area (Å²) in [5, 5.41) is 3.34. The highest BCUT2D eigenvalue weighted by Gasteiger charge is 2.17. The van der Waals surface area contributed by atoms with E-state index in [2.05, 4.69) is 30.7 Å². The smallest absolute Gasteiger partial charge is 0.123 e. The molecular formula is C18H24FN3. The van der Waals surface area contributed by atoms with Crippen LogP contribution in [-0.2, 0) is 0 Å². The minimum absolute atomic E-state index is 0.244. The fourth-order valence-electron chi connectivity index (χ4n) is 2.38. The highest BCUT2D eigenvalue weighted by Crippen LogP contribution is 2.28. The van der Waals surface area contributed by atoms with Gasteiger partial charge in [-0.2, -0.15) is 0 Å². The van der Waals surface area contributed by atoms with Crippen molar-refractivity contribution in [3.8, 4) is 0 Å². The van der Waals surface area contributed by atoms with Gasteiger partial charge in [-0.1, -0.05) is 32.6 Å². The molecule has 0 aromatic heterocycles. The van der Waals surface area contributed by atoms with Gasteiger partial charge in [-0.05, 0) is 35.3 Å². The van der Waals surface area contributed by atoms with Gasteiger partial charge in [0.05, 0.1) is 0 Å². The van der Waals surface area contributed by atoms with Crippen LogP contribution in [0.15, 0.2) is 47.1 Å². The molecule has 1 aromatic rings. The van der Waals surface area contributed by atoms with Crippen molar-refractivity contribution in [1.82, 2.24) is 5.32 Å². The summed E-state index contributed by atoms with van der Waals surface area (Å²) in [6.45, 7) is 9.94. The van der Waals surface area contributed by atoms with Gasteiger partial charge in [-0.3, -0.25) is 0 Å². The average molecular weight is 301 g/mol. The molecule has 0 fully saturated rings. The van der Waals surface area contributed by atoms with E-state index in [4.69, 9.17) is 5.73 Å². The summed E-state index contributed by atoms with van der Waals surface area (Å²) in [5.41, 5.74) is 9.94. The van der Waals surface area contributed by atoms with Gasteiger partial charge in [-0.25, -0.2) is 9.38 Å². The van der Waals surface area contributed by atoms with Crippen LogP contribution in [0.3, 0.4) is 0 Å². The van der Waals surface area contributed by atoms with E-state index in [1.165, 1.54) is 12.1 Å². The third-order valence-corrected chi connectivity index (χ3v) is 4.13. The van der Waals surface area contributed by atoms with E-state index in [1.807, 2.05) is 0 Å². The number of hydrogen-bond donors (Lipinski definition) is 2. The number of nitrogens with one attached hydrogen (secondary N) is 1. The maximum Gasteiger partial charge on any atom is 0.123 e. The zero-order valence-corrected chi connectivity index (χ0v) is 13.3. The average Bonchev–Trinajstić information content (AvgIpc) is 2.54. The lowest BCUT2D eigenvalue weighted by Gasteiger charge is -2.22. The third-order valence-electron chi connectivity index (χ3n) is 4.13. The topological polar surface area (TPSA) is 50.4 Å². The fraction of sp³-hybridized carbons (Fsp3) is 0.389. The highest BCUT2D eigenvalue weighted by atomic mass is 19.1. The molecule has 0 saturated heterocycles.